The maximum Gasteiger partial charge on any atom is 0.342 e. The van der Waals surface area contributed by atoms with Gasteiger partial charge in [0.25, 0.3) is 0 Å². The van der Waals surface area contributed by atoms with E-state index in [0.717, 1.165) is 5.56 Å². The number of hydrogen-bond donors (Lipinski definition) is 1. The van der Waals surface area contributed by atoms with Gasteiger partial charge in [-0.05, 0) is 18.9 Å². The Balaban J connectivity index is 3.11. The van der Waals surface area contributed by atoms with Gasteiger partial charge in [0.2, 0.25) is 0 Å². The third-order valence-corrected chi connectivity index (χ3v) is 2.56. The lowest BCUT2D eigenvalue weighted by Gasteiger charge is -2.24. The zero-order valence-electron chi connectivity index (χ0n) is 9.28. The van der Waals surface area contributed by atoms with E-state index in [2.05, 4.69) is 4.74 Å². The van der Waals surface area contributed by atoms with Crippen molar-refractivity contribution in [3.8, 4) is 0 Å². The summed E-state index contributed by atoms with van der Waals surface area (Å²) in [5, 5.41) is 10.2. The van der Waals surface area contributed by atoms with Crippen LogP contribution in [0.3, 0.4) is 0 Å². The number of carbonyl (C=O) groups excluding carboxylic acids is 1. The van der Waals surface area contributed by atoms with Crippen LogP contribution >= 0.6 is 0 Å². The van der Waals surface area contributed by atoms with Crippen LogP contribution in [0.1, 0.15) is 24.5 Å². The predicted octanol–water partition coefficient (Wildman–Crippen LogP) is 1.77. The molecule has 0 bridgehead atoms. The summed E-state index contributed by atoms with van der Waals surface area (Å²) in [6.45, 7) is 3.70. The number of carbonyl (C=O) groups is 1. The van der Waals surface area contributed by atoms with Crippen LogP contribution in [-0.2, 0) is 15.1 Å². The molecule has 1 N–H and O–H groups in total. The Morgan fingerprint density at radius 1 is 1.40 bits per heavy atom. The van der Waals surface area contributed by atoms with Crippen LogP contribution in [0.15, 0.2) is 24.3 Å². The van der Waals surface area contributed by atoms with Gasteiger partial charge in [0, 0.05) is 0 Å². The van der Waals surface area contributed by atoms with Crippen LogP contribution < -0.4 is 0 Å². The van der Waals surface area contributed by atoms with Gasteiger partial charge < -0.3 is 9.84 Å². The molecule has 82 valence electrons. The van der Waals surface area contributed by atoms with E-state index in [4.69, 9.17) is 0 Å². The van der Waals surface area contributed by atoms with Gasteiger partial charge in [0.05, 0.1) is 7.11 Å². The number of aliphatic hydroxyl groups is 1. The number of benzene rings is 1. The van der Waals surface area contributed by atoms with Crippen molar-refractivity contribution in [2.24, 2.45) is 0 Å². The smallest absolute Gasteiger partial charge is 0.342 e. The van der Waals surface area contributed by atoms with Gasteiger partial charge in [0.1, 0.15) is 0 Å². The summed E-state index contributed by atoms with van der Waals surface area (Å²) < 4.78 is 4.60. The highest BCUT2D eigenvalue weighted by Gasteiger charge is 2.37. The molecule has 0 fully saturated rings. The van der Waals surface area contributed by atoms with Crippen molar-refractivity contribution in [3.63, 3.8) is 0 Å². The van der Waals surface area contributed by atoms with Gasteiger partial charge in [0.15, 0.2) is 5.60 Å². The second kappa shape index (κ2) is 4.45. The first kappa shape index (κ1) is 11.7. The SMILES string of the molecule is CC[C@](O)(C(=O)OC)c1ccc(C)cc1. The number of methoxy groups -OCH3 is 1. The van der Waals surface area contributed by atoms with Crippen molar-refractivity contribution < 1.29 is 14.6 Å². The Kier molecular flexibility index (Phi) is 3.48. The van der Waals surface area contributed by atoms with E-state index in [0.29, 0.717) is 12.0 Å². The summed E-state index contributed by atoms with van der Waals surface area (Å²) >= 11 is 0. The number of ether oxygens (including phenoxy) is 1. The minimum Gasteiger partial charge on any atom is -0.467 e. The zero-order valence-corrected chi connectivity index (χ0v) is 9.28. The van der Waals surface area contributed by atoms with Crippen molar-refractivity contribution in [1.29, 1.82) is 0 Å². The van der Waals surface area contributed by atoms with E-state index < -0.39 is 11.6 Å². The lowest BCUT2D eigenvalue weighted by Crippen LogP contribution is -2.36. The summed E-state index contributed by atoms with van der Waals surface area (Å²) in [7, 11) is 1.27. The molecular formula is C12H16O3. The van der Waals surface area contributed by atoms with Crippen molar-refractivity contribution >= 4 is 5.97 Å². The highest BCUT2D eigenvalue weighted by molar-refractivity contribution is 5.80. The number of hydrogen-bond acceptors (Lipinski definition) is 3. The lowest BCUT2D eigenvalue weighted by molar-refractivity contribution is -0.164. The molecule has 0 aliphatic carbocycles. The molecule has 0 saturated carbocycles. The molecule has 0 aliphatic heterocycles. The minimum atomic E-state index is -1.53. The van der Waals surface area contributed by atoms with E-state index in [-0.39, 0.29) is 0 Å². The Hall–Kier alpha value is -1.35. The molecule has 1 rings (SSSR count). The highest BCUT2D eigenvalue weighted by atomic mass is 16.5. The molecule has 0 aromatic heterocycles. The predicted molar refractivity (Wildman–Crippen MR) is 57.4 cm³/mol. The van der Waals surface area contributed by atoms with E-state index in [9.17, 15) is 9.90 Å². The molecule has 0 radical (unpaired) electrons. The summed E-state index contributed by atoms with van der Waals surface area (Å²) in [6.07, 6.45) is 0.294. The summed E-state index contributed by atoms with van der Waals surface area (Å²) in [6, 6.07) is 7.21. The maximum atomic E-state index is 11.5. The fourth-order valence-electron chi connectivity index (χ4n) is 1.46. The van der Waals surface area contributed by atoms with Crippen molar-refractivity contribution in [1.82, 2.24) is 0 Å². The fourth-order valence-corrected chi connectivity index (χ4v) is 1.46. The van der Waals surface area contributed by atoms with Crippen LogP contribution in [-0.4, -0.2) is 18.2 Å². The molecule has 1 aromatic rings. The second-order valence-corrected chi connectivity index (χ2v) is 3.57. The minimum absolute atomic E-state index is 0.294. The van der Waals surface area contributed by atoms with E-state index in [1.807, 2.05) is 19.1 Å². The van der Waals surface area contributed by atoms with Gasteiger partial charge >= 0.3 is 5.97 Å². The quantitative estimate of drug-likeness (QED) is 0.770. The molecule has 15 heavy (non-hydrogen) atoms. The molecule has 0 spiro atoms. The molecule has 0 saturated heterocycles. The molecule has 1 atom stereocenters. The van der Waals surface area contributed by atoms with Crippen LogP contribution in [0.4, 0.5) is 0 Å². The molecular weight excluding hydrogens is 192 g/mol. The topological polar surface area (TPSA) is 46.5 Å². The normalized spacial score (nSPS) is 14.4. The first-order valence-corrected chi connectivity index (χ1v) is 4.92. The van der Waals surface area contributed by atoms with Crippen LogP contribution in [0, 0.1) is 6.92 Å². The number of esters is 1. The summed E-state index contributed by atoms with van der Waals surface area (Å²) in [5.74, 6) is -0.617. The van der Waals surface area contributed by atoms with Crippen molar-refractivity contribution in [2.75, 3.05) is 7.11 Å². The highest BCUT2D eigenvalue weighted by Crippen LogP contribution is 2.26. The van der Waals surface area contributed by atoms with Gasteiger partial charge in [-0.15, -0.1) is 0 Å². The third kappa shape index (κ3) is 2.18. The zero-order chi connectivity index (χ0) is 11.5. The van der Waals surface area contributed by atoms with Crippen LogP contribution in [0.25, 0.3) is 0 Å². The Bertz CT molecular complexity index is 342. The maximum absolute atomic E-state index is 11.5. The average Bonchev–Trinajstić information content (AvgIpc) is 2.27. The fraction of sp³-hybridized carbons (Fsp3) is 0.417. The molecule has 1 aromatic carbocycles. The van der Waals surface area contributed by atoms with Gasteiger partial charge in [-0.3, -0.25) is 0 Å². The number of rotatable bonds is 3. The van der Waals surface area contributed by atoms with E-state index in [1.165, 1.54) is 7.11 Å². The first-order valence-electron chi connectivity index (χ1n) is 4.92. The van der Waals surface area contributed by atoms with E-state index >= 15 is 0 Å². The molecule has 0 heterocycles. The van der Waals surface area contributed by atoms with Crippen molar-refractivity contribution in [3.05, 3.63) is 35.4 Å². The number of aryl methyl sites for hydroxylation is 1. The van der Waals surface area contributed by atoms with Gasteiger partial charge in [-0.2, -0.15) is 0 Å². The Morgan fingerprint density at radius 2 is 1.93 bits per heavy atom. The van der Waals surface area contributed by atoms with E-state index in [1.54, 1.807) is 19.1 Å². The summed E-state index contributed by atoms with van der Waals surface area (Å²) in [5.41, 5.74) is 0.132. The van der Waals surface area contributed by atoms with Gasteiger partial charge in [-0.25, -0.2) is 4.79 Å². The lowest BCUT2D eigenvalue weighted by atomic mass is 9.91. The van der Waals surface area contributed by atoms with Crippen LogP contribution in [0.5, 0.6) is 0 Å². The molecule has 3 heteroatoms. The molecule has 0 amide bonds. The Morgan fingerprint density at radius 3 is 2.33 bits per heavy atom. The molecule has 0 unspecified atom stereocenters. The standard InChI is InChI=1S/C12H16O3/c1-4-12(14,11(13)15-3)10-7-5-9(2)6-8-10/h5-8,14H,4H2,1-3H3/t12-/m1/s1. The van der Waals surface area contributed by atoms with Gasteiger partial charge in [-0.1, -0.05) is 36.8 Å². The summed E-state index contributed by atoms with van der Waals surface area (Å²) in [4.78, 5) is 11.5. The first-order chi connectivity index (χ1) is 7.04. The third-order valence-electron chi connectivity index (χ3n) is 2.56. The largest absolute Gasteiger partial charge is 0.467 e. The average molecular weight is 208 g/mol. The molecule has 0 aliphatic rings. The van der Waals surface area contributed by atoms with Crippen molar-refractivity contribution in [2.45, 2.75) is 25.9 Å². The Labute approximate surface area is 89.7 Å². The molecule has 3 nitrogen and oxygen atoms in total. The second-order valence-electron chi connectivity index (χ2n) is 3.57. The van der Waals surface area contributed by atoms with Crippen LogP contribution in [0.2, 0.25) is 0 Å². The monoisotopic (exact) mass is 208 g/mol.